The lowest BCUT2D eigenvalue weighted by atomic mass is 10.1. The maximum atomic E-state index is 3.80. The molecule has 0 aliphatic heterocycles. The lowest BCUT2D eigenvalue weighted by molar-refractivity contribution is 0.737. The van der Waals surface area contributed by atoms with Gasteiger partial charge >= 0.3 is 0 Å². The van der Waals surface area contributed by atoms with Crippen LogP contribution in [0.1, 0.15) is 33.6 Å². The highest BCUT2D eigenvalue weighted by molar-refractivity contribution is 14.1. The molecule has 0 nitrogen and oxygen atoms in total. The average Bonchev–Trinajstić information content (AvgIpc) is 1.87. The Morgan fingerprint density at radius 2 is 2.09 bits per heavy atom. The average molecular weight is 264 g/mol. The van der Waals surface area contributed by atoms with E-state index in [0.717, 1.165) is 6.42 Å². The van der Waals surface area contributed by atoms with Gasteiger partial charge in [0.2, 0.25) is 0 Å². The smallest absolute Gasteiger partial charge is 0.0373 e. The van der Waals surface area contributed by atoms with E-state index in [1.54, 1.807) is 0 Å². The topological polar surface area (TPSA) is 0 Å². The molecule has 64 valence electrons. The minimum Gasteiger partial charge on any atom is -0.102 e. The zero-order valence-corrected chi connectivity index (χ0v) is 9.81. The first-order valence-electron chi connectivity index (χ1n) is 3.94. The fourth-order valence-electron chi connectivity index (χ4n) is 0.745. The number of hydrogen-bond donors (Lipinski definition) is 0. The maximum Gasteiger partial charge on any atom is 0.0373 e. The van der Waals surface area contributed by atoms with Gasteiger partial charge in [0, 0.05) is 3.42 Å². The second-order valence-corrected chi connectivity index (χ2v) is 5.77. The van der Waals surface area contributed by atoms with E-state index in [-0.39, 0.29) is 3.42 Å². The van der Waals surface area contributed by atoms with E-state index in [9.17, 15) is 0 Å². The van der Waals surface area contributed by atoms with E-state index in [4.69, 9.17) is 0 Å². The number of allylic oxidation sites excluding steroid dienone is 3. The third-order valence-electron chi connectivity index (χ3n) is 1.61. The molecule has 0 radical (unpaired) electrons. The summed E-state index contributed by atoms with van der Waals surface area (Å²) in [5, 5.41) is 0. The Hall–Kier alpha value is 0.210. The van der Waals surface area contributed by atoms with Gasteiger partial charge in [0.05, 0.1) is 0 Å². The van der Waals surface area contributed by atoms with E-state index in [2.05, 4.69) is 56.0 Å². The molecule has 0 N–H and O–H groups in total. The highest BCUT2D eigenvalue weighted by Gasteiger charge is 2.12. The summed E-state index contributed by atoms with van der Waals surface area (Å²) in [6, 6.07) is 0. The number of rotatable bonds is 4. The zero-order valence-electron chi connectivity index (χ0n) is 7.65. The van der Waals surface area contributed by atoms with Crippen LogP contribution in [0.3, 0.4) is 0 Å². The highest BCUT2D eigenvalue weighted by Crippen LogP contribution is 2.25. The quantitative estimate of drug-likeness (QED) is 0.407. The predicted octanol–water partition coefficient (Wildman–Crippen LogP) is 4.11. The van der Waals surface area contributed by atoms with Crippen molar-refractivity contribution in [2.24, 2.45) is 0 Å². The molecule has 1 atom stereocenters. The summed E-state index contributed by atoms with van der Waals surface area (Å²) in [7, 11) is 0. The Labute approximate surface area is 83.9 Å². The van der Waals surface area contributed by atoms with Gasteiger partial charge in [-0.3, -0.25) is 0 Å². The molecule has 0 amide bonds. The molecular formula is C10H17I. The normalized spacial score (nSPS) is 15.3. The van der Waals surface area contributed by atoms with Crippen molar-refractivity contribution in [2.45, 2.75) is 37.0 Å². The molecule has 0 spiro atoms. The third-order valence-corrected chi connectivity index (χ3v) is 2.59. The molecule has 0 saturated heterocycles. The van der Waals surface area contributed by atoms with E-state index in [1.807, 2.05) is 6.08 Å². The third kappa shape index (κ3) is 6.60. The number of hydrogen-bond acceptors (Lipinski definition) is 0. The second-order valence-electron chi connectivity index (χ2n) is 3.30. The summed E-state index contributed by atoms with van der Waals surface area (Å²) in [4.78, 5) is 0. The van der Waals surface area contributed by atoms with Crippen molar-refractivity contribution in [1.82, 2.24) is 0 Å². The van der Waals surface area contributed by atoms with Crippen molar-refractivity contribution in [3.8, 4) is 0 Å². The van der Waals surface area contributed by atoms with Crippen LogP contribution in [-0.4, -0.2) is 3.42 Å². The van der Waals surface area contributed by atoms with Crippen LogP contribution >= 0.6 is 22.6 Å². The number of alkyl halides is 1. The minimum absolute atomic E-state index is 0.268. The molecule has 0 heterocycles. The highest BCUT2D eigenvalue weighted by atomic mass is 127. The van der Waals surface area contributed by atoms with Crippen LogP contribution in [0.25, 0.3) is 0 Å². The Balaban J connectivity index is 3.71. The van der Waals surface area contributed by atoms with Crippen molar-refractivity contribution in [1.29, 1.82) is 0 Å². The van der Waals surface area contributed by atoms with Gasteiger partial charge in [0.25, 0.3) is 0 Å². The molecule has 0 aliphatic carbocycles. The van der Waals surface area contributed by atoms with Gasteiger partial charge in [-0.15, -0.1) is 6.58 Å². The van der Waals surface area contributed by atoms with Crippen molar-refractivity contribution >= 4 is 22.6 Å². The fraction of sp³-hybridized carbons (Fsp3) is 0.600. The first kappa shape index (κ1) is 11.2. The Kier molecular flexibility index (Phi) is 5.06. The lowest BCUT2D eigenvalue weighted by Gasteiger charge is -2.15. The monoisotopic (exact) mass is 264 g/mol. The van der Waals surface area contributed by atoms with Gasteiger partial charge in [0.15, 0.2) is 0 Å². The molecule has 0 aromatic heterocycles. The first-order valence-corrected chi connectivity index (χ1v) is 5.02. The van der Waals surface area contributed by atoms with Crippen LogP contribution in [0.2, 0.25) is 0 Å². The fourth-order valence-corrected chi connectivity index (χ4v) is 1.06. The Bertz CT molecular complexity index is 150. The first-order chi connectivity index (χ1) is 4.98. The molecule has 11 heavy (non-hydrogen) atoms. The molecule has 0 fully saturated rings. The van der Waals surface area contributed by atoms with Gasteiger partial charge in [-0.1, -0.05) is 40.3 Å². The van der Waals surface area contributed by atoms with Crippen molar-refractivity contribution in [3.63, 3.8) is 0 Å². The van der Waals surface area contributed by atoms with Crippen LogP contribution in [0, 0.1) is 0 Å². The molecule has 0 unspecified atom stereocenters. The van der Waals surface area contributed by atoms with Crippen LogP contribution < -0.4 is 0 Å². The SMILES string of the molecule is C=C[C@](C)(I)CCC=C(C)C. The van der Waals surface area contributed by atoms with Gasteiger partial charge in [0.1, 0.15) is 0 Å². The van der Waals surface area contributed by atoms with Crippen molar-refractivity contribution < 1.29 is 0 Å². The predicted molar refractivity (Wildman–Crippen MR) is 61.3 cm³/mol. The van der Waals surface area contributed by atoms with Gasteiger partial charge in [-0.2, -0.15) is 0 Å². The molecule has 0 aromatic carbocycles. The van der Waals surface area contributed by atoms with Crippen LogP contribution in [0.4, 0.5) is 0 Å². The van der Waals surface area contributed by atoms with Gasteiger partial charge < -0.3 is 0 Å². The lowest BCUT2D eigenvalue weighted by Crippen LogP contribution is -2.09. The maximum absolute atomic E-state index is 3.80. The van der Waals surface area contributed by atoms with Crippen LogP contribution in [0.15, 0.2) is 24.3 Å². The summed E-state index contributed by atoms with van der Waals surface area (Å²) >= 11 is 2.44. The zero-order chi connectivity index (χ0) is 8.91. The largest absolute Gasteiger partial charge is 0.102 e. The van der Waals surface area contributed by atoms with Crippen molar-refractivity contribution in [2.75, 3.05) is 0 Å². The summed E-state index contributed by atoms with van der Waals surface area (Å²) in [6.07, 6.45) is 6.64. The summed E-state index contributed by atoms with van der Waals surface area (Å²) in [5.74, 6) is 0. The van der Waals surface area contributed by atoms with Crippen LogP contribution in [-0.2, 0) is 0 Å². The van der Waals surface area contributed by atoms with E-state index in [0.29, 0.717) is 0 Å². The molecule has 0 bridgehead atoms. The molecule has 1 heteroatoms. The Morgan fingerprint density at radius 1 is 1.55 bits per heavy atom. The molecule has 0 saturated carbocycles. The molecular weight excluding hydrogens is 247 g/mol. The second kappa shape index (κ2) is 4.96. The van der Waals surface area contributed by atoms with E-state index in [1.165, 1.54) is 12.0 Å². The Morgan fingerprint density at radius 3 is 2.45 bits per heavy atom. The standard InChI is InChI=1S/C10H17I/c1-5-10(4,11)8-6-7-9(2)3/h5,7H,1,6,8H2,2-4H3/t10-/m0/s1. The summed E-state index contributed by atoms with van der Waals surface area (Å²) in [6.45, 7) is 10.3. The molecule has 0 rings (SSSR count). The molecule has 0 aromatic rings. The van der Waals surface area contributed by atoms with Crippen LogP contribution in [0.5, 0.6) is 0 Å². The van der Waals surface area contributed by atoms with E-state index < -0.39 is 0 Å². The van der Waals surface area contributed by atoms with E-state index >= 15 is 0 Å². The van der Waals surface area contributed by atoms with Crippen molar-refractivity contribution in [3.05, 3.63) is 24.3 Å². The number of halogens is 1. The van der Waals surface area contributed by atoms with Gasteiger partial charge in [-0.05, 0) is 33.6 Å². The van der Waals surface area contributed by atoms with Gasteiger partial charge in [-0.25, -0.2) is 0 Å². The summed E-state index contributed by atoms with van der Waals surface area (Å²) < 4.78 is 0.268. The molecule has 0 aliphatic rings. The minimum atomic E-state index is 0.268. The summed E-state index contributed by atoms with van der Waals surface area (Å²) in [5.41, 5.74) is 1.40.